The SMILES string of the molecule is C=C/C=C(\C=C)c1cscn1. The average molecular weight is 163 g/mol. The van der Waals surface area contributed by atoms with E-state index in [1.165, 1.54) is 0 Å². The molecule has 0 spiro atoms. The molecule has 0 atom stereocenters. The van der Waals surface area contributed by atoms with Crippen LogP contribution in [0.3, 0.4) is 0 Å². The number of hydrogen-bond acceptors (Lipinski definition) is 2. The highest BCUT2D eigenvalue weighted by Gasteiger charge is 1.95. The molecule has 0 saturated heterocycles. The van der Waals surface area contributed by atoms with Gasteiger partial charge in [-0.2, -0.15) is 0 Å². The van der Waals surface area contributed by atoms with E-state index in [-0.39, 0.29) is 0 Å². The maximum atomic E-state index is 4.14. The normalized spacial score (nSPS) is 11.1. The number of nitrogens with zero attached hydrogens (tertiary/aromatic N) is 1. The minimum absolute atomic E-state index is 0.963. The standard InChI is InChI=1S/C9H9NS/c1-3-5-8(4-2)9-6-11-7-10-9/h3-7H,1-2H2/b8-5+. The van der Waals surface area contributed by atoms with Gasteiger partial charge < -0.3 is 0 Å². The van der Waals surface area contributed by atoms with Gasteiger partial charge in [-0.05, 0) is 0 Å². The second-order valence-electron chi connectivity index (χ2n) is 1.94. The Bertz CT molecular complexity index is 270. The van der Waals surface area contributed by atoms with Gasteiger partial charge in [0.25, 0.3) is 0 Å². The lowest BCUT2D eigenvalue weighted by atomic mass is 10.2. The van der Waals surface area contributed by atoms with Gasteiger partial charge in [-0.15, -0.1) is 11.3 Å². The van der Waals surface area contributed by atoms with Crippen molar-refractivity contribution in [3.63, 3.8) is 0 Å². The highest BCUT2D eigenvalue weighted by molar-refractivity contribution is 7.07. The van der Waals surface area contributed by atoms with Crippen LogP contribution >= 0.6 is 11.3 Å². The summed E-state index contributed by atoms with van der Waals surface area (Å²) in [6, 6.07) is 0. The van der Waals surface area contributed by atoms with Crippen LogP contribution in [-0.2, 0) is 0 Å². The Labute approximate surface area is 70.4 Å². The van der Waals surface area contributed by atoms with Crippen molar-refractivity contribution in [1.29, 1.82) is 0 Å². The first-order valence-corrected chi connectivity index (χ1v) is 4.16. The zero-order valence-corrected chi connectivity index (χ0v) is 6.97. The van der Waals surface area contributed by atoms with Crippen LogP contribution in [-0.4, -0.2) is 4.98 Å². The van der Waals surface area contributed by atoms with Crippen LogP contribution in [0.1, 0.15) is 5.69 Å². The fourth-order valence-corrected chi connectivity index (χ4v) is 1.30. The second-order valence-corrected chi connectivity index (χ2v) is 2.65. The van der Waals surface area contributed by atoms with E-state index in [9.17, 15) is 0 Å². The first-order valence-electron chi connectivity index (χ1n) is 3.22. The van der Waals surface area contributed by atoms with Crippen molar-refractivity contribution < 1.29 is 0 Å². The fourth-order valence-electron chi connectivity index (χ4n) is 0.740. The summed E-state index contributed by atoms with van der Waals surface area (Å²) in [4.78, 5) is 4.14. The highest BCUT2D eigenvalue weighted by Crippen LogP contribution is 2.14. The van der Waals surface area contributed by atoms with Crippen LogP contribution < -0.4 is 0 Å². The zero-order valence-electron chi connectivity index (χ0n) is 6.16. The van der Waals surface area contributed by atoms with Crippen molar-refractivity contribution in [3.8, 4) is 0 Å². The molecule has 1 heterocycles. The molecule has 0 saturated carbocycles. The lowest BCUT2D eigenvalue weighted by molar-refractivity contribution is 1.36. The third kappa shape index (κ3) is 1.88. The largest absolute Gasteiger partial charge is 0.245 e. The minimum Gasteiger partial charge on any atom is -0.245 e. The molecule has 1 nitrogen and oxygen atoms in total. The highest BCUT2D eigenvalue weighted by atomic mass is 32.1. The Morgan fingerprint density at radius 3 is 2.82 bits per heavy atom. The van der Waals surface area contributed by atoms with Crippen LogP contribution in [0.4, 0.5) is 0 Å². The molecule has 2 heteroatoms. The summed E-state index contributed by atoms with van der Waals surface area (Å²) in [6.07, 6.45) is 5.40. The maximum Gasteiger partial charge on any atom is 0.0810 e. The Morgan fingerprint density at radius 1 is 1.55 bits per heavy atom. The van der Waals surface area contributed by atoms with Crippen molar-refractivity contribution >= 4 is 16.9 Å². The third-order valence-corrected chi connectivity index (χ3v) is 1.83. The summed E-state index contributed by atoms with van der Waals surface area (Å²) in [5.41, 5.74) is 3.78. The summed E-state index contributed by atoms with van der Waals surface area (Å²) in [7, 11) is 0. The van der Waals surface area contributed by atoms with E-state index in [2.05, 4.69) is 18.1 Å². The Morgan fingerprint density at radius 2 is 2.36 bits per heavy atom. The van der Waals surface area contributed by atoms with Crippen molar-refractivity contribution in [2.45, 2.75) is 0 Å². The summed E-state index contributed by atoms with van der Waals surface area (Å²) in [5, 5.41) is 1.98. The molecule has 0 aromatic carbocycles. The van der Waals surface area contributed by atoms with E-state index in [0.29, 0.717) is 0 Å². The quantitative estimate of drug-likeness (QED) is 0.624. The van der Waals surface area contributed by atoms with E-state index >= 15 is 0 Å². The summed E-state index contributed by atoms with van der Waals surface area (Å²) >= 11 is 1.58. The lowest BCUT2D eigenvalue weighted by Crippen LogP contribution is -1.77. The number of thiazole rings is 1. The number of aromatic nitrogens is 1. The Kier molecular flexibility index (Phi) is 2.81. The zero-order chi connectivity index (χ0) is 8.10. The average Bonchev–Trinajstić information content (AvgIpc) is 2.52. The molecule has 0 unspecified atom stereocenters. The van der Waals surface area contributed by atoms with Crippen molar-refractivity contribution in [3.05, 3.63) is 48.0 Å². The van der Waals surface area contributed by atoms with Crippen molar-refractivity contribution in [1.82, 2.24) is 4.98 Å². The molecule has 1 rings (SSSR count). The van der Waals surface area contributed by atoms with Crippen LogP contribution in [0, 0.1) is 0 Å². The van der Waals surface area contributed by atoms with Gasteiger partial charge in [0.05, 0.1) is 11.2 Å². The molecule has 56 valence electrons. The predicted molar refractivity (Wildman–Crippen MR) is 50.5 cm³/mol. The van der Waals surface area contributed by atoms with Gasteiger partial charge in [0.15, 0.2) is 0 Å². The second kappa shape index (κ2) is 3.88. The molecule has 0 aliphatic carbocycles. The minimum atomic E-state index is 0.963. The summed E-state index contributed by atoms with van der Waals surface area (Å²) in [6.45, 7) is 7.29. The Balaban J connectivity index is 2.97. The monoisotopic (exact) mass is 163 g/mol. The molecule has 0 bridgehead atoms. The van der Waals surface area contributed by atoms with Crippen molar-refractivity contribution in [2.24, 2.45) is 0 Å². The Hall–Kier alpha value is -1.15. The molecule has 0 radical (unpaired) electrons. The lowest BCUT2D eigenvalue weighted by Gasteiger charge is -1.92. The van der Waals surface area contributed by atoms with Gasteiger partial charge in [0, 0.05) is 11.0 Å². The third-order valence-electron chi connectivity index (χ3n) is 1.25. The molecule has 0 amide bonds. The molecule has 0 fully saturated rings. The predicted octanol–water partition coefficient (Wildman–Crippen LogP) is 2.90. The molecule has 1 aromatic heterocycles. The molecule has 0 aliphatic heterocycles. The molecule has 11 heavy (non-hydrogen) atoms. The van der Waals surface area contributed by atoms with Crippen molar-refractivity contribution in [2.75, 3.05) is 0 Å². The number of hydrogen-bond donors (Lipinski definition) is 0. The number of rotatable bonds is 3. The van der Waals surface area contributed by atoms with Crippen LogP contribution in [0.15, 0.2) is 42.3 Å². The number of allylic oxidation sites excluding steroid dienone is 4. The van der Waals surface area contributed by atoms with Gasteiger partial charge in [-0.25, -0.2) is 4.98 Å². The molecule has 0 N–H and O–H groups in total. The van der Waals surface area contributed by atoms with E-state index in [0.717, 1.165) is 11.3 Å². The van der Waals surface area contributed by atoms with Gasteiger partial charge in [0.1, 0.15) is 0 Å². The fraction of sp³-hybridized carbons (Fsp3) is 0. The van der Waals surface area contributed by atoms with Crippen LogP contribution in [0.5, 0.6) is 0 Å². The summed E-state index contributed by atoms with van der Waals surface area (Å²) < 4.78 is 0. The van der Waals surface area contributed by atoms with Crippen LogP contribution in [0.2, 0.25) is 0 Å². The topological polar surface area (TPSA) is 12.9 Å². The smallest absolute Gasteiger partial charge is 0.0810 e. The van der Waals surface area contributed by atoms with E-state index < -0.39 is 0 Å². The first kappa shape index (κ1) is 7.95. The van der Waals surface area contributed by atoms with E-state index in [1.54, 1.807) is 29.0 Å². The van der Waals surface area contributed by atoms with Gasteiger partial charge in [-0.3, -0.25) is 0 Å². The van der Waals surface area contributed by atoms with Gasteiger partial charge >= 0.3 is 0 Å². The van der Waals surface area contributed by atoms with Gasteiger partial charge in [0.2, 0.25) is 0 Å². The van der Waals surface area contributed by atoms with Gasteiger partial charge in [-0.1, -0.05) is 31.4 Å². The van der Waals surface area contributed by atoms with Crippen LogP contribution in [0.25, 0.3) is 5.57 Å². The first-order chi connectivity index (χ1) is 5.38. The summed E-state index contributed by atoms with van der Waals surface area (Å²) in [5.74, 6) is 0. The maximum absolute atomic E-state index is 4.14. The molecular weight excluding hydrogens is 154 g/mol. The molecule has 1 aromatic rings. The molecule has 0 aliphatic rings. The van der Waals surface area contributed by atoms with E-state index in [4.69, 9.17) is 0 Å². The molecular formula is C9H9NS. The van der Waals surface area contributed by atoms with E-state index in [1.807, 2.05) is 11.5 Å².